The third kappa shape index (κ3) is 3.20. The van der Waals surface area contributed by atoms with Crippen molar-refractivity contribution in [3.05, 3.63) is 34.2 Å². The smallest absolute Gasteiger partial charge is 0.251 e. The van der Waals surface area contributed by atoms with Crippen LogP contribution in [-0.2, 0) is 0 Å². The lowest BCUT2D eigenvalue weighted by Crippen LogP contribution is -2.48. The molecule has 0 spiro atoms. The largest absolute Gasteiger partial charge is 0.346 e. The van der Waals surface area contributed by atoms with E-state index in [2.05, 4.69) is 26.2 Å². The summed E-state index contributed by atoms with van der Waals surface area (Å²) in [5.41, 5.74) is -0.290. The second-order valence-corrected chi connectivity index (χ2v) is 5.61. The summed E-state index contributed by atoms with van der Waals surface area (Å²) < 4.78 is 0. The van der Waals surface area contributed by atoms with Crippen LogP contribution in [0.25, 0.3) is 0 Å². The zero-order valence-corrected chi connectivity index (χ0v) is 11.1. The van der Waals surface area contributed by atoms with Crippen molar-refractivity contribution >= 4 is 21.8 Å². The molecule has 1 unspecified atom stereocenters. The van der Waals surface area contributed by atoms with Crippen LogP contribution in [0.3, 0.4) is 0 Å². The lowest BCUT2D eigenvalue weighted by atomic mass is 10.0. The lowest BCUT2D eigenvalue weighted by molar-refractivity contribution is 0.0913. The van der Waals surface area contributed by atoms with Crippen LogP contribution in [-0.4, -0.2) is 21.3 Å². The second-order valence-electron chi connectivity index (χ2n) is 4.23. The number of aromatic amines is 1. The summed E-state index contributed by atoms with van der Waals surface area (Å²) in [5.74, 6) is -0.248. The molecule has 0 aromatic carbocycles. The van der Waals surface area contributed by atoms with Gasteiger partial charge in [0.15, 0.2) is 0 Å². The molecular formula is C11H15BrN2O2. The van der Waals surface area contributed by atoms with Crippen LogP contribution < -0.4 is 10.9 Å². The monoisotopic (exact) mass is 286 g/mol. The summed E-state index contributed by atoms with van der Waals surface area (Å²) in [4.78, 5) is 25.5. The first-order chi connectivity index (χ1) is 7.33. The van der Waals surface area contributed by atoms with Gasteiger partial charge in [-0.15, -0.1) is 0 Å². The predicted octanol–water partition coefficient (Wildman–Crippen LogP) is 1.67. The number of hydrogen-bond acceptors (Lipinski definition) is 2. The van der Waals surface area contributed by atoms with Crippen LogP contribution in [0.1, 0.15) is 31.1 Å². The number of carbonyl (C=O) groups is 1. The number of aromatic nitrogens is 1. The van der Waals surface area contributed by atoms with Crippen molar-refractivity contribution in [2.24, 2.45) is 0 Å². The molecule has 1 heterocycles. The van der Waals surface area contributed by atoms with Crippen LogP contribution in [0, 0.1) is 0 Å². The van der Waals surface area contributed by atoms with Gasteiger partial charge in [-0.2, -0.15) is 0 Å². The molecule has 0 aliphatic carbocycles. The van der Waals surface area contributed by atoms with Crippen LogP contribution in [0.15, 0.2) is 23.1 Å². The first-order valence-electron chi connectivity index (χ1n) is 4.98. The van der Waals surface area contributed by atoms with Crippen molar-refractivity contribution in [3.63, 3.8) is 0 Å². The van der Waals surface area contributed by atoms with Crippen LogP contribution in [0.2, 0.25) is 0 Å². The summed E-state index contributed by atoms with van der Waals surface area (Å²) in [7, 11) is 0. The van der Waals surface area contributed by atoms with Crippen molar-refractivity contribution in [1.82, 2.24) is 10.3 Å². The van der Waals surface area contributed by atoms with E-state index in [-0.39, 0.29) is 21.8 Å². The quantitative estimate of drug-likeness (QED) is 0.831. The third-order valence-electron chi connectivity index (χ3n) is 2.47. The molecule has 0 bridgehead atoms. The number of pyridine rings is 1. The van der Waals surface area contributed by atoms with Crippen LogP contribution in [0.4, 0.5) is 0 Å². The molecule has 1 amide bonds. The van der Waals surface area contributed by atoms with Crippen molar-refractivity contribution < 1.29 is 4.79 Å². The molecule has 2 N–H and O–H groups in total. The second kappa shape index (κ2) is 4.82. The number of hydrogen-bond donors (Lipinski definition) is 2. The molecule has 88 valence electrons. The molecule has 0 fully saturated rings. The SMILES string of the molecule is CC(Br)C(C)(C)NC(=O)c1cc[nH]c(=O)c1. The van der Waals surface area contributed by atoms with E-state index in [4.69, 9.17) is 0 Å². The van der Waals surface area contributed by atoms with Gasteiger partial charge in [0.25, 0.3) is 5.91 Å². The normalized spacial score (nSPS) is 13.2. The number of alkyl halides is 1. The van der Waals surface area contributed by atoms with Crippen molar-refractivity contribution in [2.45, 2.75) is 31.1 Å². The van der Waals surface area contributed by atoms with Crippen molar-refractivity contribution in [1.29, 1.82) is 0 Å². The van der Waals surface area contributed by atoms with Gasteiger partial charge in [0.05, 0.1) is 0 Å². The Morgan fingerprint density at radius 1 is 1.56 bits per heavy atom. The average Bonchev–Trinajstić information content (AvgIpc) is 2.16. The molecule has 5 heteroatoms. The first-order valence-corrected chi connectivity index (χ1v) is 5.90. The molecule has 0 aliphatic heterocycles. The minimum absolute atomic E-state index is 0.131. The van der Waals surface area contributed by atoms with Gasteiger partial charge in [-0.1, -0.05) is 22.9 Å². The van der Waals surface area contributed by atoms with Gasteiger partial charge in [0.2, 0.25) is 5.56 Å². The van der Waals surface area contributed by atoms with E-state index in [1.165, 1.54) is 12.3 Å². The highest BCUT2D eigenvalue weighted by molar-refractivity contribution is 9.09. The molecule has 1 rings (SSSR count). The molecular weight excluding hydrogens is 272 g/mol. The number of H-pyrrole nitrogens is 1. The zero-order valence-electron chi connectivity index (χ0n) is 9.50. The standard InChI is InChI=1S/C11H15BrN2O2/c1-7(12)11(2,3)14-10(16)8-4-5-13-9(15)6-8/h4-7H,1-3H3,(H,13,15)(H,14,16). The van der Waals surface area contributed by atoms with Gasteiger partial charge in [0, 0.05) is 28.2 Å². The first kappa shape index (κ1) is 13.0. The predicted molar refractivity (Wildman–Crippen MR) is 67.0 cm³/mol. The Labute approximate surface area is 103 Å². The molecule has 1 aromatic rings. The van der Waals surface area contributed by atoms with Crippen LogP contribution in [0.5, 0.6) is 0 Å². The molecule has 0 saturated heterocycles. The van der Waals surface area contributed by atoms with E-state index in [0.717, 1.165) is 0 Å². The summed E-state index contributed by atoms with van der Waals surface area (Å²) in [6, 6.07) is 2.86. The van der Waals surface area contributed by atoms with Crippen molar-refractivity contribution in [2.75, 3.05) is 0 Å². The summed E-state index contributed by atoms with van der Waals surface area (Å²) >= 11 is 3.43. The number of amides is 1. The van der Waals surface area contributed by atoms with Crippen molar-refractivity contribution in [3.8, 4) is 0 Å². The molecule has 0 saturated carbocycles. The average molecular weight is 287 g/mol. The summed E-state index contributed by atoms with van der Waals surface area (Å²) in [5, 5.41) is 2.86. The maximum absolute atomic E-state index is 11.8. The highest BCUT2D eigenvalue weighted by atomic mass is 79.9. The molecule has 1 atom stereocenters. The van der Waals surface area contributed by atoms with E-state index < -0.39 is 0 Å². The number of halogens is 1. The third-order valence-corrected chi connectivity index (χ3v) is 3.61. The molecule has 0 radical (unpaired) electrons. The Morgan fingerprint density at radius 3 is 2.69 bits per heavy atom. The fourth-order valence-corrected chi connectivity index (χ4v) is 1.16. The highest BCUT2D eigenvalue weighted by Crippen LogP contribution is 2.17. The minimum atomic E-state index is -0.375. The summed E-state index contributed by atoms with van der Waals surface area (Å²) in [6.07, 6.45) is 1.46. The number of nitrogens with one attached hydrogen (secondary N) is 2. The van der Waals surface area contributed by atoms with Gasteiger partial charge in [-0.25, -0.2) is 0 Å². The Hall–Kier alpha value is -1.10. The molecule has 16 heavy (non-hydrogen) atoms. The molecule has 1 aromatic heterocycles. The van der Waals surface area contributed by atoms with E-state index in [0.29, 0.717) is 5.56 Å². The Bertz CT molecular complexity index is 438. The van der Waals surface area contributed by atoms with Gasteiger partial charge < -0.3 is 10.3 Å². The maximum Gasteiger partial charge on any atom is 0.251 e. The van der Waals surface area contributed by atoms with Crippen LogP contribution >= 0.6 is 15.9 Å². The fourth-order valence-electron chi connectivity index (χ4n) is 1.05. The lowest BCUT2D eigenvalue weighted by Gasteiger charge is -2.29. The Kier molecular flexibility index (Phi) is 3.91. The Morgan fingerprint density at radius 2 is 2.19 bits per heavy atom. The fraction of sp³-hybridized carbons (Fsp3) is 0.455. The van der Waals surface area contributed by atoms with E-state index in [1.54, 1.807) is 6.07 Å². The summed E-state index contributed by atoms with van der Waals surface area (Å²) in [6.45, 7) is 5.78. The van der Waals surface area contributed by atoms with Gasteiger partial charge in [-0.3, -0.25) is 9.59 Å². The molecule has 0 aliphatic rings. The van der Waals surface area contributed by atoms with Gasteiger partial charge in [0.1, 0.15) is 0 Å². The van der Waals surface area contributed by atoms with E-state index in [9.17, 15) is 9.59 Å². The van der Waals surface area contributed by atoms with Gasteiger partial charge in [-0.05, 0) is 19.9 Å². The number of carbonyl (C=O) groups excluding carboxylic acids is 1. The Balaban J connectivity index is 2.85. The number of rotatable bonds is 3. The van der Waals surface area contributed by atoms with Gasteiger partial charge >= 0.3 is 0 Å². The van der Waals surface area contributed by atoms with E-state index >= 15 is 0 Å². The zero-order chi connectivity index (χ0) is 12.3. The molecule has 4 nitrogen and oxygen atoms in total. The topological polar surface area (TPSA) is 62.0 Å². The highest BCUT2D eigenvalue weighted by Gasteiger charge is 2.26. The maximum atomic E-state index is 11.8. The van der Waals surface area contributed by atoms with E-state index in [1.807, 2.05) is 20.8 Å². The minimum Gasteiger partial charge on any atom is -0.346 e.